The highest BCUT2D eigenvalue weighted by atomic mass is 28.4. The lowest BCUT2D eigenvalue weighted by molar-refractivity contribution is -0.137. The molecule has 3 nitrogen and oxygen atoms in total. The third kappa shape index (κ3) is 10.5. The van der Waals surface area contributed by atoms with E-state index < -0.39 is 16.6 Å². The second-order valence-corrected chi connectivity index (χ2v) is 15.2. The minimum atomic E-state index is -1.80. The van der Waals surface area contributed by atoms with E-state index in [4.69, 9.17) is 4.43 Å². The molecule has 0 aromatic carbocycles. The van der Waals surface area contributed by atoms with Gasteiger partial charge >= 0.3 is 5.97 Å². The van der Waals surface area contributed by atoms with Crippen molar-refractivity contribution in [2.75, 3.05) is 0 Å². The molecule has 17 heavy (non-hydrogen) atoms. The molecular formula is C12H29NO2Si2. The van der Waals surface area contributed by atoms with Crippen molar-refractivity contribution in [3.05, 3.63) is 12.7 Å². The molecule has 1 atom stereocenters. The Morgan fingerprint density at radius 2 is 1.76 bits per heavy atom. The molecule has 0 heterocycles. The van der Waals surface area contributed by atoms with Crippen LogP contribution in [0.25, 0.3) is 0 Å². The van der Waals surface area contributed by atoms with E-state index in [1.807, 2.05) is 19.6 Å². The van der Waals surface area contributed by atoms with Crippen LogP contribution in [0.3, 0.4) is 0 Å². The van der Waals surface area contributed by atoms with Crippen molar-refractivity contribution in [2.45, 2.75) is 59.2 Å². The van der Waals surface area contributed by atoms with Gasteiger partial charge in [0.2, 0.25) is 8.32 Å². The Hall–Kier alpha value is -0.396. The summed E-state index contributed by atoms with van der Waals surface area (Å²) in [5.41, 5.74) is 0. The van der Waals surface area contributed by atoms with Crippen LogP contribution in [0, 0.1) is 0 Å². The molecule has 0 bridgehead atoms. The lowest BCUT2D eigenvalue weighted by Crippen LogP contribution is -2.53. The minimum absolute atomic E-state index is 0. The van der Waals surface area contributed by atoms with Gasteiger partial charge in [-0.25, -0.2) is 0 Å². The van der Waals surface area contributed by atoms with Crippen LogP contribution in [0.5, 0.6) is 0 Å². The Bertz CT molecular complexity index is 254. The number of carbonyl (C=O) groups is 1. The fourth-order valence-electron chi connectivity index (χ4n) is 1.28. The molecule has 0 aliphatic rings. The molecule has 0 fully saturated rings. The van der Waals surface area contributed by atoms with E-state index in [9.17, 15) is 4.79 Å². The summed E-state index contributed by atoms with van der Waals surface area (Å²) in [4.78, 5) is 15.3. The van der Waals surface area contributed by atoms with Gasteiger partial charge in [0.15, 0.2) is 0 Å². The van der Waals surface area contributed by atoms with Crippen molar-refractivity contribution in [3.63, 3.8) is 0 Å². The predicted octanol–water partition coefficient (Wildman–Crippen LogP) is 3.37. The quantitative estimate of drug-likeness (QED) is 0.596. The number of hydrogen-bond acceptors (Lipinski definition) is 3. The van der Waals surface area contributed by atoms with Gasteiger partial charge in [0.1, 0.15) is 14.3 Å². The van der Waals surface area contributed by atoms with Crippen molar-refractivity contribution in [3.8, 4) is 0 Å². The van der Waals surface area contributed by atoms with Gasteiger partial charge < -0.3 is 9.41 Å². The van der Waals surface area contributed by atoms with Gasteiger partial charge in [-0.1, -0.05) is 33.1 Å². The molecular weight excluding hydrogens is 246 g/mol. The maximum absolute atomic E-state index is 12.0. The Kier molecular flexibility index (Phi) is 7.95. The summed E-state index contributed by atoms with van der Waals surface area (Å²) in [5, 5.41) is 0. The minimum Gasteiger partial charge on any atom is -0.519 e. The number of rotatable bonds is 6. The van der Waals surface area contributed by atoms with E-state index in [0.717, 1.165) is 0 Å². The summed E-state index contributed by atoms with van der Waals surface area (Å²) < 4.78 is 5.51. The third-order valence-electron chi connectivity index (χ3n) is 1.70. The van der Waals surface area contributed by atoms with E-state index in [1.54, 1.807) is 6.08 Å². The summed E-state index contributed by atoms with van der Waals surface area (Å²) in [6, 6.07) is -0.226. The fourth-order valence-corrected chi connectivity index (χ4v) is 3.30. The molecule has 0 saturated heterocycles. The largest absolute Gasteiger partial charge is 0.519 e. The van der Waals surface area contributed by atoms with Gasteiger partial charge in [0, 0.05) is 0 Å². The summed E-state index contributed by atoms with van der Waals surface area (Å²) >= 11 is 0. The topological polar surface area (TPSA) is 38.3 Å². The molecule has 0 aliphatic heterocycles. The predicted molar refractivity (Wildman–Crippen MR) is 81.3 cm³/mol. The Morgan fingerprint density at radius 1 is 1.29 bits per heavy atom. The number of carbonyl (C=O) groups excluding carboxylic acids is 1. The van der Waals surface area contributed by atoms with Crippen molar-refractivity contribution >= 4 is 22.5 Å². The first kappa shape index (κ1) is 19.0. The first-order valence-electron chi connectivity index (χ1n) is 5.66. The smallest absolute Gasteiger partial charge is 0.309 e. The maximum Gasteiger partial charge on any atom is 0.309 e. The van der Waals surface area contributed by atoms with Gasteiger partial charge in [0.25, 0.3) is 0 Å². The zero-order valence-corrected chi connectivity index (χ0v) is 13.4. The van der Waals surface area contributed by atoms with Crippen LogP contribution < -0.4 is 4.98 Å². The van der Waals surface area contributed by atoms with Crippen LogP contribution in [0.2, 0.25) is 39.3 Å². The van der Waals surface area contributed by atoms with Gasteiger partial charge in [-0.15, -0.1) is 6.58 Å². The van der Waals surface area contributed by atoms with Gasteiger partial charge in [-0.05, 0) is 26.1 Å². The lowest BCUT2D eigenvalue weighted by Gasteiger charge is -2.28. The number of hydrogen-bond donors (Lipinski definition) is 1. The van der Waals surface area contributed by atoms with E-state index >= 15 is 0 Å². The zero-order valence-electron chi connectivity index (χ0n) is 11.4. The Labute approximate surface area is 109 Å². The normalized spacial score (nSPS) is 13.5. The Morgan fingerprint density at radius 3 is 2.06 bits per heavy atom. The van der Waals surface area contributed by atoms with Crippen molar-refractivity contribution in [1.29, 1.82) is 0 Å². The number of nitrogens with one attached hydrogen (secondary N) is 1. The zero-order chi connectivity index (χ0) is 13.0. The van der Waals surface area contributed by atoms with Crippen LogP contribution in [0.1, 0.15) is 13.8 Å². The molecule has 0 amide bonds. The first-order valence-corrected chi connectivity index (χ1v) is 12.6. The van der Waals surface area contributed by atoms with Crippen LogP contribution in [-0.2, 0) is 9.22 Å². The lowest BCUT2D eigenvalue weighted by atomic mass is 10.2. The van der Waals surface area contributed by atoms with Gasteiger partial charge in [-0.3, -0.25) is 4.79 Å². The molecule has 102 valence electrons. The molecule has 0 spiro atoms. The fraction of sp³-hybridized carbons (Fsp3) is 0.750. The second-order valence-electron chi connectivity index (χ2n) is 6.00. The molecule has 0 rings (SSSR count). The molecule has 1 N–H and O–H groups in total. The van der Waals surface area contributed by atoms with E-state index in [0.29, 0.717) is 6.42 Å². The van der Waals surface area contributed by atoms with E-state index in [2.05, 4.69) is 31.2 Å². The average molecular weight is 276 g/mol. The van der Waals surface area contributed by atoms with Crippen molar-refractivity contribution in [1.82, 2.24) is 4.98 Å². The molecule has 5 heteroatoms. The highest BCUT2D eigenvalue weighted by Gasteiger charge is 2.28. The summed E-state index contributed by atoms with van der Waals surface area (Å²) in [7, 11) is -3.27. The Balaban J connectivity index is 0. The van der Waals surface area contributed by atoms with Crippen molar-refractivity contribution < 1.29 is 9.22 Å². The standard InChI is InChI=1S/C11H25NO2Si2.CH4/c1-8-9-10(12-15(2,3)4)11(13)14-16(5,6)7;/h8,10,12H,1,9H2,2-7H3;1H4. The van der Waals surface area contributed by atoms with Crippen LogP contribution in [-0.4, -0.2) is 28.6 Å². The third-order valence-corrected chi connectivity index (χ3v) is 3.73. The molecule has 0 aromatic heterocycles. The first-order chi connectivity index (χ1) is 7.05. The van der Waals surface area contributed by atoms with Gasteiger partial charge in [0.05, 0.1) is 0 Å². The summed E-state index contributed by atoms with van der Waals surface area (Å²) in [6.07, 6.45) is 2.40. The van der Waals surface area contributed by atoms with E-state index in [1.165, 1.54) is 0 Å². The second kappa shape index (κ2) is 7.13. The SMILES string of the molecule is C.C=CCC(N[Si](C)(C)C)C(=O)O[Si](C)(C)C. The average Bonchev–Trinajstić information content (AvgIpc) is 1.97. The summed E-state index contributed by atoms with van der Waals surface area (Å²) in [5.74, 6) is -0.124. The summed E-state index contributed by atoms with van der Waals surface area (Å²) in [6.45, 7) is 16.3. The van der Waals surface area contributed by atoms with Crippen LogP contribution in [0.4, 0.5) is 0 Å². The molecule has 0 radical (unpaired) electrons. The molecule has 0 saturated carbocycles. The van der Waals surface area contributed by atoms with Crippen molar-refractivity contribution in [2.24, 2.45) is 0 Å². The maximum atomic E-state index is 12.0. The van der Waals surface area contributed by atoms with Crippen LogP contribution in [0.15, 0.2) is 12.7 Å². The molecule has 0 aliphatic carbocycles. The van der Waals surface area contributed by atoms with Gasteiger partial charge in [-0.2, -0.15) is 0 Å². The highest BCUT2D eigenvalue weighted by molar-refractivity contribution is 6.74. The van der Waals surface area contributed by atoms with E-state index in [-0.39, 0.29) is 19.4 Å². The monoisotopic (exact) mass is 275 g/mol. The van der Waals surface area contributed by atoms with Crippen LogP contribution >= 0.6 is 0 Å². The molecule has 0 aromatic rings. The molecule has 1 unspecified atom stereocenters. The highest BCUT2D eigenvalue weighted by Crippen LogP contribution is 2.09.